The number of likely N-dealkylation sites (N-methyl/N-ethyl adjacent to an activating group) is 1. The van der Waals surface area contributed by atoms with Gasteiger partial charge in [-0.15, -0.1) is 11.3 Å². The van der Waals surface area contributed by atoms with Crippen molar-refractivity contribution in [1.82, 2.24) is 4.98 Å². The quantitative estimate of drug-likeness (QED) is 0.656. The number of anilines is 1. The van der Waals surface area contributed by atoms with Gasteiger partial charge < -0.3 is 14.4 Å². The van der Waals surface area contributed by atoms with Crippen LogP contribution in [-0.2, 0) is 20.7 Å². The lowest BCUT2D eigenvalue weighted by Crippen LogP contribution is -2.23. The van der Waals surface area contributed by atoms with Crippen molar-refractivity contribution >= 4 is 22.4 Å². The summed E-state index contributed by atoms with van der Waals surface area (Å²) in [5.41, 5.74) is 0.940. The molecule has 0 atom stereocenters. The van der Waals surface area contributed by atoms with Gasteiger partial charge in [-0.05, 0) is 20.8 Å². The number of nitrogens with zero attached hydrogens (tertiary/aromatic N) is 2. The third-order valence-corrected chi connectivity index (χ3v) is 3.64. The summed E-state index contributed by atoms with van der Waals surface area (Å²) in [5.74, 6) is -0.166. The molecule has 1 heterocycles. The van der Waals surface area contributed by atoms with Crippen LogP contribution in [0, 0.1) is 0 Å². The van der Waals surface area contributed by atoms with E-state index in [1.165, 1.54) is 0 Å². The van der Waals surface area contributed by atoms with Gasteiger partial charge in [0.25, 0.3) is 0 Å². The topological polar surface area (TPSA) is 51.7 Å². The van der Waals surface area contributed by atoms with Crippen LogP contribution in [0.5, 0.6) is 0 Å². The standard InChI is InChI=1S/C14H24N2O3S/c1-5-18-13(17)7-6-12-10-20-14(15-12)16(4)8-9-19-11(2)3/h10-11H,5-9H2,1-4H3. The first-order valence-electron chi connectivity index (χ1n) is 6.95. The first-order chi connectivity index (χ1) is 9.52. The molecule has 0 aromatic carbocycles. The molecule has 1 rings (SSSR count). The maximum Gasteiger partial charge on any atom is 0.306 e. The average Bonchev–Trinajstić information content (AvgIpc) is 2.85. The summed E-state index contributed by atoms with van der Waals surface area (Å²) in [6, 6.07) is 0. The number of aryl methyl sites for hydroxylation is 1. The lowest BCUT2D eigenvalue weighted by molar-refractivity contribution is -0.143. The van der Waals surface area contributed by atoms with Crippen LogP contribution in [0.3, 0.4) is 0 Å². The minimum absolute atomic E-state index is 0.166. The van der Waals surface area contributed by atoms with Crippen LogP contribution in [-0.4, -0.2) is 43.9 Å². The SMILES string of the molecule is CCOC(=O)CCc1csc(N(C)CCOC(C)C)n1. The van der Waals surface area contributed by atoms with Crippen LogP contribution >= 0.6 is 11.3 Å². The summed E-state index contributed by atoms with van der Waals surface area (Å²) < 4.78 is 10.4. The molecule has 0 aliphatic rings. The van der Waals surface area contributed by atoms with E-state index in [0.29, 0.717) is 26.1 Å². The van der Waals surface area contributed by atoms with Crippen molar-refractivity contribution in [2.45, 2.75) is 39.7 Å². The molecule has 20 heavy (non-hydrogen) atoms. The molecule has 0 saturated carbocycles. The number of thiazole rings is 1. The zero-order chi connectivity index (χ0) is 15.0. The minimum atomic E-state index is -0.166. The molecule has 0 amide bonds. The Balaban J connectivity index is 2.36. The summed E-state index contributed by atoms with van der Waals surface area (Å²) in [4.78, 5) is 17.9. The Hall–Kier alpha value is -1.14. The molecular formula is C14H24N2O3S. The summed E-state index contributed by atoms with van der Waals surface area (Å²) >= 11 is 1.59. The highest BCUT2D eigenvalue weighted by atomic mass is 32.1. The van der Waals surface area contributed by atoms with Gasteiger partial charge in [0.15, 0.2) is 5.13 Å². The van der Waals surface area contributed by atoms with E-state index >= 15 is 0 Å². The predicted molar refractivity (Wildman–Crippen MR) is 81.4 cm³/mol. The summed E-state index contributed by atoms with van der Waals surface area (Å²) in [5, 5.41) is 2.95. The third kappa shape index (κ3) is 6.34. The first-order valence-corrected chi connectivity index (χ1v) is 7.83. The van der Waals surface area contributed by atoms with E-state index in [2.05, 4.69) is 9.88 Å². The van der Waals surface area contributed by atoms with Crippen LogP contribution in [0.1, 0.15) is 32.9 Å². The number of hydrogen-bond acceptors (Lipinski definition) is 6. The monoisotopic (exact) mass is 300 g/mol. The van der Waals surface area contributed by atoms with Crippen LogP contribution in [0.25, 0.3) is 0 Å². The van der Waals surface area contributed by atoms with Crippen LogP contribution in [0.15, 0.2) is 5.38 Å². The number of aromatic nitrogens is 1. The van der Waals surface area contributed by atoms with Crippen molar-refractivity contribution in [1.29, 1.82) is 0 Å². The molecule has 6 heteroatoms. The van der Waals surface area contributed by atoms with E-state index in [0.717, 1.165) is 17.4 Å². The first kappa shape index (κ1) is 16.9. The van der Waals surface area contributed by atoms with Gasteiger partial charge in [0.1, 0.15) is 0 Å². The van der Waals surface area contributed by atoms with Gasteiger partial charge in [0.2, 0.25) is 0 Å². The molecule has 0 radical (unpaired) electrons. The molecule has 0 unspecified atom stereocenters. The van der Waals surface area contributed by atoms with Crippen molar-refractivity contribution in [3.8, 4) is 0 Å². The molecule has 0 aliphatic carbocycles. The normalized spacial score (nSPS) is 10.8. The van der Waals surface area contributed by atoms with Crippen molar-refractivity contribution in [2.24, 2.45) is 0 Å². The smallest absolute Gasteiger partial charge is 0.306 e. The zero-order valence-electron chi connectivity index (χ0n) is 12.7. The van der Waals surface area contributed by atoms with E-state index in [4.69, 9.17) is 9.47 Å². The van der Waals surface area contributed by atoms with E-state index in [1.54, 1.807) is 11.3 Å². The Morgan fingerprint density at radius 1 is 1.50 bits per heavy atom. The minimum Gasteiger partial charge on any atom is -0.466 e. The Labute approximate surface area is 124 Å². The van der Waals surface area contributed by atoms with Crippen LogP contribution in [0.4, 0.5) is 5.13 Å². The maximum atomic E-state index is 11.3. The lowest BCUT2D eigenvalue weighted by atomic mass is 10.2. The number of carbonyl (C=O) groups excluding carboxylic acids is 1. The lowest BCUT2D eigenvalue weighted by Gasteiger charge is -2.16. The van der Waals surface area contributed by atoms with Crippen molar-refractivity contribution in [3.05, 3.63) is 11.1 Å². The predicted octanol–water partition coefficient (Wildman–Crippen LogP) is 2.50. The zero-order valence-corrected chi connectivity index (χ0v) is 13.5. The van der Waals surface area contributed by atoms with E-state index < -0.39 is 0 Å². The molecule has 0 bridgehead atoms. The van der Waals surface area contributed by atoms with Gasteiger partial charge in [-0.25, -0.2) is 4.98 Å². The Kier molecular flexibility index (Phi) is 7.54. The van der Waals surface area contributed by atoms with Gasteiger partial charge >= 0.3 is 5.97 Å². The van der Waals surface area contributed by atoms with E-state index in [-0.39, 0.29) is 12.1 Å². The van der Waals surface area contributed by atoms with Gasteiger partial charge in [0, 0.05) is 25.4 Å². The molecular weight excluding hydrogens is 276 g/mol. The van der Waals surface area contributed by atoms with Gasteiger partial charge in [0.05, 0.1) is 31.4 Å². The molecule has 1 aromatic rings. The van der Waals surface area contributed by atoms with E-state index in [9.17, 15) is 4.79 Å². The number of ether oxygens (including phenoxy) is 2. The summed E-state index contributed by atoms with van der Waals surface area (Å²) in [6.07, 6.45) is 1.27. The van der Waals surface area contributed by atoms with Crippen molar-refractivity contribution < 1.29 is 14.3 Å². The highest BCUT2D eigenvalue weighted by molar-refractivity contribution is 7.13. The molecule has 5 nitrogen and oxygen atoms in total. The third-order valence-electron chi connectivity index (χ3n) is 2.63. The van der Waals surface area contributed by atoms with Gasteiger partial charge in [-0.1, -0.05) is 0 Å². The largest absolute Gasteiger partial charge is 0.466 e. The Morgan fingerprint density at radius 2 is 2.25 bits per heavy atom. The number of rotatable bonds is 9. The fourth-order valence-corrected chi connectivity index (χ4v) is 2.42. The molecule has 1 aromatic heterocycles. The highest BCUT2D eigenvalue weighted by Crippen LogP contribution is 2.20. The number of carbonyl (C=O) groups is 1. The van der Waals surface area contributed by atoms with Crippen LogP contribution in [0.2, 0.25) is 0 Å². The maximum absolute atomic E-state index is 11.3. The molecule has 114 valence electrons. The molecule has 0 saturated heterocycles. The number of esters is 1. The second-order valence-corrected chi connectivity index (χ2v) is 5.60. The second-order valence-electron chi connectivity index (χ2n) is 4.77. The highest BCUT2D eigenvalue weighted by Gasteiger charge is 2.09. The van der Waals surface area contributed by atoms with Crippen molar-refractivity contribution in [2.75, 3.05) is 31.7 Å². The second kappa shape index (κ2) is 8.92. The molecule has 0 fully saturated rings. The van der Waals surface area contributed by atoms with Crippen molar-refractivity contribution in [3.63, 3.8) is 0 Å². The number of hydrogen-bond donors (Lipinski definition) is 0. The summed E-state index contributed by atoms with van der Waals surface area (Å²) in [6.45, 7) is 7.79. The van der Waals surface area contributed by atoms with E-state index in [1.807, 2.05) is 33.2 Å². The Morgan fingerprint density at radius 3 is 2.90 bits per heavy atom. The van der Waals surface area contributed by atoms with Gasteiger partial charge in [-0.3, -0.25) is 4.79 Å². The molecule has 0 N–H and O–H groups in total. The van der Waals surface area contributed by atoms with Gasteiger partial charge in [-0.2, -0.15) is 0 Å². The fourth-order valence-electron chi connectivity index (χ4n) is 1.57. The fraction of sp³-hybridized carbons (Fsp3) is 0.714. The Bertz CT molecular complexity index is 407. The molecule has 0 spiro atoms. The average molecular weight is 300 g/mol. The molecule has 0 aliphatic heterocycles. The summed E-state index contributed by atoms with van der Waals surface area (Å²) in [7, 11) is 2.00. The van der Waals surface area contributed by atoms with Crippen LogP contribution < -0.4 is 4.90 Å².